The van der Waals surface area contributed by atoms with Crippen LogP contribution in [0.2, 0.25) is 0 Å². The first kappa shape index (κ1) is 14.2. The fraction of sp³-hybridized carbons (Fsp3) is 0.625. The van der Waals surface area contributed by atoms with Crippen molar-refractivity contribution in [3.8, 4) is 0 Å². The Morgan fingerprint density at radius 3 is 1.82 bits per heavy atom. The molecule has 0 aliphatic heterocycles. The van der Waals surface area contributed by atoms with Crippen LogP contribution in [0.4, 0.5) is 0 Å². The lowest BCUT2D eigenvalue weighted by atomic mass is 9.74. The van der Waals surface area contributed by atoms with Gasteiger partial charge in [-0.25, -0.2) is 0 Å². The summed E-state index contributed by atoms with van der Waals surface area (Å²) in [5.41, 5.74) is 8.85. The van der Waals surface area contributed by atoms with Crippen LogP contribution in [0.15, 0.2) is 24.3 Å². The van der Waals surface area contributed by atoms with Gasteiger partial charge in [-0.1, -0.05) is 58.9 Å². The van der Waals surface area contributed by atoms with Crippen LogP contribution in [0.5, 0.6) is 0 Å². The molecule has 0 bridgehead atoms. The van der Waals surface area contributed by atoms with Crippen molar-refractivity contribution < 1.29 is 0 Å². The Balaban J connectivity index is 2.95. The lowest BCUT2D eigenvalue weighted by molar-refractivity contribution is 0.307. The molecule has 0 saturated heterocycles. The molecule has 1 nitrogen and oxygen atoms in total. The molecule has 0 spiro atoms. The standard InChI is InChI=1S/C16H27N/c1-12(2)13-6-8-14(9-7-13)15(10-11-17)16(3,4)5/h6-9,12,15H,10-11,17H2,1-5H3. The van der Waals surface area contributed by atoms with Gasteiger partial charge in [-0.15, -0.1) is 0 Å². The lowest BCUT2D eigenvalue weighted by Gasteiger charge is -2.31. The van der Waals surface area contributed by atoms with E-state index in [1.165, 1.54) is 11.1 Å². The zero-order valence-corrected chi connectivity index (χ0v) is 12.0. The molecule has 0 aliphatic rings. The largest absolute Gasteiger partial charge is 0.330 e. The molecule has 0 saturated carbocycles. The second-order valence-electron chi connectivity index (χ2n) is 6.32. The number of hydrogen-bond donors (Lipinski definition) is 1. The topological polar surface area (TPSA) is 26.0 Å². The molecule has 0 radical (unpaired) electrons. The second kappa shape index (κ2) is 5.68. The van der Waals surface area contributed by atoms with Crippen molar-refractivity contribution in [2.45, 2.75) is 52.9 Å². The molecule has 1 atom stereocenters. The van der Waals surface area contributed by atoms with E-state index in [4.69, 9.17) is 5.73 Å². The molecule has 2 N–H and O–H groups in total. The van der Waals surface area contributed by atoms with Crippen LogP contribution < -0.4 is 5.73 Å². The molecule has 1 heteroatoms. The van der Waals surface area contributed by atoms with E-state index in [0.717, 1.165) is 13.0 Å². The highest BCUT2D eigenvalue weighted by Gasteiger charge is 2.25. The van der Waals surface area contributed by atoms with Gasteiger partial charge in [-0.2, -0.15) is 0 Å². The highest BCUT2D eigenvalue weighted by molar-refractivity contribution is 5.28. The third-order valence-corrected chi connectivity index (χ3v) is 3.51. The van der Waals surface area contributed by atoms with Gasteiger partial charge >= 0.3 is 0 Å². The van der Waals surface area contributed by atoms with Gasteiger partial charge in [0.25, 0.3) is 0 Å². The number of hydrogen-bond acceptors (Lipinski definition) is 1. The summed E-state index contributed by atoms with van der Waals surface area (Å²) in [5.74, 6) is 1.15. The SMILES string of the molecule is CC(C)c1ccc(C(CCN)C(C)(C)C)cc1. The van der Waals surface area contributed by atoms with E-state index in [0.29, 0.717) is 11.8 Å². The molecule has 0 heterocycles. The Morgan fingerprint density at radius 2 is 1.47 bits per heavy atom. The minimum atomic E-state index is 0.277. The predicted molar refractivity (Wildman–Crippen MR) is 76.4 cm³/mol. The quantitative estimate of drug-likeness (QED) is 0.825. The molecule has 0 aliphatic carbocycles. The van der Waals surface area contributed by atoms with Crippen LogP contribution in [-0.4, -0.2) is 6.54 Å². The smallest absolute Gasteiger partial charge is 0.00712 e. The Kier molecular flexibility index (Phi) is 4.76. The zero-order chi connectivity index (χ0) is 13.1. The van der Waals surface area contributed by atoms with Crippen LogP contribution in [0.3, 0.4) is 0 Å². The lowest BCUT2D eigenvalue weighted by Crippen LogP contribution is -2.21. The first-order valence-corrected chi connectivity index (χ1v) is 6.66. The average Bonchev–Trinajstić information content (AvgIpc) is 2.24. The maximum Gasteiger partial charge on any atom is -0.00712 e. The molecule has 0 amide bonds. The van der Waals surface area contributed by atoms with Gasteiger partial charge in [0.05, 0.1) is 0 Å². The molecule has 1 unspecified atom stereocenters. The average molecular weight is 233 g/mol. The monoisotopic (exact) mass is 233 g/mol. The molecular weight excluding hydrogens is 206 g/mol. The Bertz CT molecular complexity index is 330. The second-order valence-corrected chi connectivity index (χ2v) is 6.32. The highest BCUT2D eigenvalue weighted by atomic mass is 14.5. The fourth-order valence-corrected chi connectivity index (χ4v) is 2.38. The van der Waals surface area contributed by atoms with Gasteiger partial charge in [-0.3, -0.25) is 0 Å². The van der Waals surface area contributed by atoms with E-state index in [2.05, 4.69) is 58.9 Å². The van der Waals surface area contributed by atoms with E-state index in [9.17, 15) is 0 Å². The van der Waals surface area contributed by atoms with Crippen LogP contribution in [-0.2, 0) is 0 Å². The summed E-state index contributed by atoms with van der Waals surface area (Å²) >= 11 is 0. The molecule has 1 rings (SSSR count). The minimum absolute atomic E-state index is 0.277. The van der Waals surface area contributed by atoms with E-state index >= 15 is 0 Å². The normalized spacial score (nSPS) is 14.1. The van der Waals surface area contributed by atoms with Crippen LogP contribution >= 0.6 is 0 Å². The highest BCUT2D eigenvalue weighted by Crippen LogP contribution is 2.37. The minimum Gasteiger partial charge on any atom is -0.330 e. The first-order valence-electron chi connectivity index (χ1n) is 6.66. The maximum absolute atomic E-state index is 5.74. The Hall–Kier alpha value is -0.820. The summed E-state index contributed by atoms with van der Waals surface area (Å²) < 4.78 is 0. The first-order chi connectivity index (χ1) is 7.86. The zero-order valence-electron chi connectivity index (χ0n) is 12.0. The van der Waals surface area contributed by atoms with Crippen molar-refractivity contribution in [1.82, 2.24) is 0 Å². The van der Waals surface area contributed by atoms with E-state index < -0.39 is 0 Å². The summed E-state index contributed by atoms with van der Waals surface area (Å²) in [4.78, 5) is 0. The van der Waals surface area contributed by atoms with Crippen molar-refractivity contribution in [3.63, 3.8) is 0 Å². The molecule has 1 aromatic rings. The molecule has 96 valence electrons. The van der Waals surface area contributed by atoms with E-state index in [1.54, 1.807) is 0 Å². The van der Waals surface area contributed by atoms with Gasteiger partial charge in [0.15, 0.2) is 0 Å². The molecule has 17 heavy (non-hydrogen) atoms. The fourth-order valence-electron chi connectivity index (χ4n) is 2.38. The van der Waals surface area contributed by atoms with Gasteiger partial charge in [0.2, 0.25) is 0 Å². The summed E-state index contributed by atoms with van der Waals surface area (Å²) in [6.07, 6.45) is 1.06. The van der Waals surface area contributed by atoms with Crippen molar-refractivity contribution in [3.05, 3.63) is 35.4 Å². The van der Waals surface area contributed by atoms with Gasteiger partial charge in [0.1, 0.15) is 0 Å². The van der Waals surface area contributed by atoms with Crippen LogP contribution in [0, 0.1) is 5.41 Å². The number of benzene rings is 1. The van der Waals surface area contributed by atoms with Crippen molar-refractivity contribution >= 4 is 0 Å². The van der Waals surface area contributed by atoms with Gasteiger partial charge < -0.3 is 5.73 Å². The van der Waals surface area contributed by atoms with Crippen molar-refractivity contribution in [2.75, 3.05) is 6.54 Å². The summed E-state index contributed by atoms with van der Waals surface area (Å²) in [6.45, 7) is 12.1. The number of nitrogens with two attached hydrogens (primary N) is 1. The maximum atomic E-state index is 5.74. The summed E-state index contributed by atoms with van der Waals surface area (Å²) in [7, 11) is 0. The predicted octanol–water partition coefficient (Wildman–Crippen LogP) is 4.29. The van der Waals surface area contributed by atoms with E-state index in [-0.39, 0.29) is 5.41 Å². The van der Waals surface area contributed by atoms with E-state index in [1.807, 2.05) is 0 Å². The van der Waals surface area contributed by atoms with Crippen molar-refractivity contribution in [2.24, 2.45) is 11.1 Å². The molecular formula is C16H27N. The third kappa shape index (κ3) is 3.85. The third-order valence-electron chi connectivity index (χ3n) is 3.51. The van der Waals surface area contributed by atoms with Crippen LogP contribution in [0.25, 0.3) is 0 Å². The van der Waals surface area contributed by atoms with Gasteiger partial charge in [-0.05, 0) is 41.3 Å². The van der Waals surface area contributed by atoms with Crippen LogP contribution in [0.1, 0.15) is 64.0 Å². The summed E-state index contributed by atoms with van der Waals surface area (Å²) in [5, 5.41) is 0. The molecule has 0 aromatic heterocycles. The molecule has 0 fully saturated rings. The number of rotatable bonds is 4. The Labute approximate surface area is 106 Å². The van der Waals surface area contributed by atoms with Gasteiger partial charge in [0, 0.05) is 0 Å². The summed E-state index contributed by atoms with van der Waals surface area (Å²) in [6, 6.07) is 9.08. The Morgan fingerprint density at radius 1 is 1.00 bits per heavy atom. The van der Waals surface area contributed by atoms with Crippen molar-refractivity contribution in [1.29, 1.82) is 0 Å². The molecule has 1 aromatic carbocycles.